The molecule has 0 saturated carbocycles. The lowest BCUT2D eigenvalue weighted by Gasteiger charge is -2.30. The fourth-order valence-electron chi connectivity index (χ4n) is 3.89. The summed E-state index contributed by atoms with van der Waals surface area (Å²) in [5, 5.41) is 3.03. The first-order valence-corrected chi connectivity index (χ1v) is 11.2. The molecule has 33 heavy (non-hydrogen) atoms. The van der Waals surface area contributed by atoms with Crippen LogP contribution < -0.4 is 15.0 Å². The first kappa shape index (κ1) is 22.3. The van der Waals surface area contributed by atoms with Crippen LogP contribution in [-0.2, 0) is 16.0 Å². The number of rotatable bonds is 7. The molecule has 0 radical (unpaired) electrons. The number of fused-ring (bicyclic) bond motifs is 1. The average molecular weight is 441 g/mol. The van der Waals surface area contributed by atoms with Crippen LogP contribution in [0.1, 0.15) is 30.0 Å². The van der Waals surface area contributed by atoms with Gasteiger partial charge in [0.1, 0.15) is 6.54 Å². The molecule has 1 aliphatic rings. The summed E-state index contributed by atoms with van der Waals surface area (Å²) < 4.78 is 5.91. The second kappa shape index (κ2) is 10.2. The molecule has 3 aromatic carbocycles. The van der Waals surface area contributed by atoms with Gasteiger partial charge in [-0.3, -0.25) is 14.5 Å². The van der Waals surface area contributed by atoms with E-state index in [1.807, 2.05) is 68.4 Å². The molecule has 5 heteroatoms. The van der Waals surface area contributed by atoms with E-state index in [4.69, 9.17) is 4.74 Å². The minimum Gasteiger partial charge on any atom is -0.449 e. The van der Waals surface area contributed by atoms with Crippen molar-refractivity contribution in [2.75, 3.05) is 11.4 Å². The third-order valence-electron chi connectivity index (χ3n) is 5.59. The summed E-state index contributed by atoms with van der Waals surface area (Å²) in [7, 11) is 0. The Bertz CT molecular complexity index is 1170. The number of para-hydroxylation sites is 2. The lowest BCUT2D eigenvalue weighted by Crippen LogP contribution is -2.46. The summed E-state index contributed by atoms with van der Waals surface area (Å²) in [6.07, 6.45) is 3.42. The standard InChI is InChI=1S/C28H28N2O3/c1-20-9-8-12-23(17-20)18-26-28(32)30(24-13-6-7-14-25(24)33-26)19-27(31)29-21(2)15-16-22-10-4-3-5-11-22/h3-14,17-18,21H,15-16,19H2,1-2H3,(H,29,31)/b26-18+. The van der Waals surface area contributed by atoms with Crippen molar-refractivity contribution in [3.63, 3.8) is 0 Å². The van der Waals surface area contributed by atoms with Crippen LogP contribution >= 0.6 is 0 Å². The van der Waals surface area contributed by atoms with Gasteiger partial charge in [0.15, 0.2) is 11.5 Å². The molecule has 0 spiro atoms. The lowest BCUT2D eigenvalue weighted by molar-refractivity contribution is -0.123. The normalized spacial score (nSPS) is 15.0. The number of carbonyl (C=O) groups is 2. The third kappa shape index (κ3) is 5.69. The van der Waals surface area contributed by atoms with Gasteiger partial charge in [-0.2, -0.15) is 0 Å². The lowest BCUT2D eigenvalue weighted by atomic mass is 10.1. The number of aryl methyl sites for hydroxylation is 2. The van der Waals surface area contributed by atoms with E-state index in [9.17, 15) is 9.59 Å². The molecule has 1 heterocycles. The van der Waals surface area contributed by atoms with Crippen molar-refractivity contribution in [3.05, 3.63) is 101 Å². The predicted octanol–water partition coefficient (Wildman–Crippen LogP) is 4.90. The number of nitrogens with one attached hydrogen (secondary N) is 1. The molecule has 1 N–H and O–H groups in total. The maximum atomic E-state index is 13.3. The number of hydrogen-bond acceptors (Lipinski definition) is 3. The Morgan fingerprint density at radius 2 is 1.79 bits per heavy atom. The van der Waals surface area contributed by atoms with Gasteiger partial charge in [-0.25, -0.2) is 0 Å². The van der Waals surface area contributed by atoms with Crippen molar-refractivity contribution in [2.24, 2.45) is 0 Å². The van der Waals surface area contributed by atoms with Crippen LogP contribution in [0.2, 0.25) is 0 Å². The zero-order valence-corrected chi connectivity index (χ0v) is 19.0. The molecule has 4 rings (SSSR count). The highest BCUT2D eigenvalue weighted by molar-refractivity contribution is 6.12. The van der Waals surface area contributed by atoms with Crippen LogP contribution in [0, 0.1) is 6.92 Å². The van der Waals surface area contributed by atoms with Gasteiger partial charge in [-0.05, 0) is 56.0 Å². The van der Waals surface area contributed by atoms with Crippen LogP contribution in [0.5, 0.6) is 5.75 Å². The molecular weight excluding hydrogens is 412 g/mol. The van der Waals surface area contributed by atoms with Crippen molar-refractivity contribution in [2.45, 2.75) is 32.7 Å². The molecule has 0 fully saturated rings. The number of amides is 2. The fourth-order valence-corrected chi connectivity index (χ4v) is 3.89. The molecule has 0 bridgehead atoms. The monoisotopic (exact) mass is 440 g/mol. The topological polar surface area (TPSA) is 58.6 Å². The van der Waals surface area contributed by atoms with E-state index >= 15 is 0 Å². The molecule has 168 valence electrons. The maximum absolute atomic E-state index is 13.3. The summed E-state index contributed by atoms with van der Waals surface area (Å²) in [6, 6.07) is 25.3. The molecule has 0 aliphatic carbocycles. The Balaban J connectivity index is 1.47. The number of nitrogens with zero attached hydrogens (tertiary/aromatic N) is 1. The van der Waals surface area contributed by atoms with Crippen molar-refractivity contribution in [1.82, 2.24) is 5.32 Å². The largest absolute Gasteiger partial charge is 0.449 e. The minimum atomic E-state index is -0.331. The highest BCUT2D eigenvalue weighted by Gasteiger charge is 2.31. The second-order valence-corrected chi connectivity index (χ2v) is 8.38. The van der Waals surface area contributed by atoms with E-state index in [1.165, 1.54) is 10.5 Å². The molecule has 1 atom stereocenters. The van der Waals surface area contributed by atoms with Gasteiger partial charge in [-0.15, -0.1) is 0 Å². The summed E-state index contributed by atoms with van der Waals surface area (Å²) in [6.45, 7) is 3.91. The van der Waals surface area contributed by atoms with Crippen molar-refractivity contribution >= 4 is 23.6 Å². The van der Waals surface area contributed by atoms with Crippen LogP contribution in [0.3, 0.4) is 0 Å². The van der Waals surface area contributed by atoms with Crippen molar-refractivity contribution < 1.29 is 14.3 Å². The third-order valence-corrected chi connectivity index (χ3v) is 5.59. The number of anilines is 1. The molecule has 0 aromatic heterocycles. The van der Waals surface area contributed by atoms with Crippen LogP contribution in [0.25, 0.3) is 6.08 Å². The number of ether oxygens (including phenoxy) is 1. The van der Waals surface area contributed by atoms with Crippen molar-refractivity contribution in [3.8, 4) is 5.75 Å². The molecule has 5 nitrogen and oxygen atoms in total. The first-order valence-electron chi connectivity index (χ1n) is 11.2. The van der Waals surface area contributed by atoms with E-state index in [0.29, 0.717) is 11.4 Å². The second-order valence-electron chi connectivity index (χ2n) is 8.38. The van der Waals surface area contributed by atoms with Crippen LogP contribution in [0.15, 0.2) is 84.6 Å². The quantitative estimate of drug-likeness (QED) is 0.532. The summed E-state index contributed by atoms with van der Waals surface area (Å²) in [4.78, 5) is 27.6. The Labute approximate surface area is 194 Å². The van der Waals surface area contributed by atoms with Crippen LogP contribution in [-0.4, -0.2) is 24.4 Å². The van der Waals surface area contributed by atoms with E-state index < -0.39 is 0 Å². The fraction of sp³-hybridized carbons (Fsp3) is 0.214. The number of benzene rings is 3. The Morgan fingerprint density at radius 1 is 1.03 bits per heavy atom. The molecule has 0 saturated heterocycles. The molecule has 1 unspecified atom stereocenters. The van der Waals surface area contributed by atoms with Crippen molar-refractivity contribution in [1.29, 1.82) is 0 Å². The number of hydrogen-bond donors (Lipinski definition) is 1. The molecule has 1 aliphatic heterocycles. The van der Waals surface area contributed by atoms with Gasteiger partial charge in [0, 0.05) is 6.04 Å². The maximum Gasteiger partial charge on any atom is 0.294 e. The Kier molecular flexibility index (Phi) is 6.89. The molecule has 3 aromatic rings. The Morgan fingerprint density at radius 3 is 2.58 bits per heavy atom. The van der Waals surface area contributed by atoms with Gasteiger partial charge >= 0.3 is 0 Å². The van der Waals surface area contributed by atoms with Gasteiger partial charge < -0.3 is 10.1 Å². The van der Waals surface area contributed by atoms with Gasteiger partial charge in [-0.1, -0.05) is 72.3 Å². The van der Waals surface area contributed by atoms with E-state index in [1.54, 1.807) is 18.2 Å². The predicted molar refractivity (Wildman–Crippen MR) is 131 cm³/mol. The SMILES string of the molecule is Cc1cccc(/C=C2/Oc3ccccc3N(CC(=O)NC(C)CCc3ccccc3)C2=O)c1. The van der Waals surface area contributed by atoms with E-state index in [2.05, 4.69) is 17.4 Å². The minimum absolute atomic E-state index is 0.00796. The van der Waals surface area contributed by atoms with E-state index in [-0.39, 0.29) is 30.2 Å². The summed E-state index contributed by atoms with van der Waals surface area (Å²) in [5.41, 5.74) is 3.79. The van der Waals surface area contributed by atoms with Gasteiger partial charge in [0.05, 0.1) is 5.69 Å². The smallest absolute Gasteiger partial charge is 0.294 e. The number of carbonyl (C=O) groups excluding carboxylic acids is 2. The highest BCUT2D eigenvalue weighted by Crippen LogP contribution is 2.35. The summed E-state index contributed by atoms with van der Waals surface area (Å²) >= 11 is 0. The molecular formula is C28H28N2O3. The zero-order chi connectivity index (χ0) is 23.2. The van der Waals surface area contributed by atoms with Crippen LogP contribution in [0.4, 0.5) is 5.69 Å². The average Bonchev–Trinajstić information content (AvgIpc) is 2.81. The van der Waals surface area contributed by atoms with Gasteiger partial charge in [0.25, 0.3) is 5.91 Å². The van der Waals surface area contributed by atoms with Gasteiger partial charge in [0.2, 0.25) is 5.91 Å². The highest BCUT2D eigenvalue weighted by atomic mass is 16.5. The summed E-state index contributed by atoms with van der Waals surface area (Å²) in [5.74, 6) is 0.225. The zero-order valence-electron chi connectivity index (χ0n) is 19.0. The first-order chi connectivity index (χ1) is 16.0. The van der Waals surface area contributed by atoms with E-state index in [0.717, 1.165) is 24.0 Å². The molecule has 2 amide bonds. The Hall–Kier alpha value is -3.86.